The van der Waals surface area contributed by atoms with Crippen LogP contribution < -0.4 is 0 Å². The minimum absolute atomic E-state index is 0.514. The topological polar surface area (TPSA) is 12.5 Å². The molecule has 1 heterocycles. The van der Waals surface area contributed by atoms with Crippen molar-refractivity contribution >= 4 is 0 Å². The van der Waals surface area contributed by atoms with Crippen LogP contribution in [0.5, 0.6) is 0 Å². The molecule has 3 aliphatic carbocycles. The van der Waals surface area contributed by atoms with Crippen LogP contribution in [0.2, 0.25) is 0 Å². The lowest BCUT2D eigenvalue weighted by Gasteiger charge is -2.45. The number of ether oxygens (including phenoxy) is 1. The van der Waals surface area contributed by atoms with Gasteiger partial charge in [-0.3, -0.25) is 0 Å². The average molecular weight is 362 g/mol. The SMILES string of the molecule is c1ccc2c(c1)C1CC(COCCN3CCCCCC3)C2c2ccccc21. The Labute approximate surface area is 163 Å². The lowest BCUT2D eigenvalue weighted by atomic mass is 9.59. The first kappa shape index (κ1) is 17.5. The molecule has 6 rings (SSSR count). The van der Waals surface area contributed by atoms with E-state index in [0.29, 0.717) is 17.8 Å². The van der Waals surface area contributed by atoms with Gasteiger partial charge in [0.25, 0.3) is 0 Å². The number of likely N-dealkylation sites (tertiary alicyclic amines) is 1. The maximum atomic E-state index is 6.26. The third-order valence-corrected chi connectivity index (χ3v) is 7.01. The maximum absolute atomic E-state index is 6.26. The summed E-state index contributed by atoms with van der Waals surface area (Å²) in [6.45, 7) is 5.42. The lowest BCUT2D eigenvalue weighted by Crippen LogP contribution is -2.35. The van der Waals surface area contributed by atoms with Gasteiger partial charge in [-0.1, -0.05) is 61.4 Å². The molecule has 0 amide bonds. The first-order valence-corrected chi connectivity index (χ1v) is 10.9. The number of fused-ring (bicyclic) bond motifs is 1. The predicted octanol–water partition coefficient (Wildman–Crippen LogP) is 5.18. The van der Waals surface area contributed by atoms with E-state index >= 15 is 0 Å². The van der Waals surface area contributed by atoms with Gasteiger partial charge in [0.2, 0.25) is 0 Å². The van der Waals surface area contributed by atoms with E-state index in [-0.39, 0.29) is 0 Å². The van der Waals surface area contributed by atoms with Gasteiger partial charge in [0.15, 0.2) is 0 Å². The summed E-state index contributed by atoms with van der Waals surface area (Å²) in [7, 11) is 0. The van der Waals surface area contributed by atoms with Crippen molar-refractivity contribution in [1.29, 1.82) is 0 Å². The van der Waals surface area contributed by atoms with Gasteiger partial charge in [-0.2, -0.15) is 0 Å². The lowest BCUT2D eigenvalue weighted by molar-refractivity contribution is 0.0654. The molecule has 2 aromatic rings. The summed E-state index contributed by atoms with van der Waals surface area (Å²) in [5, 5.41) is 0. The summed E-state index contributed by atoms with van der Waals surface area (Å²) in [4.78, 5) is 2.60. The van der Waals surface area contributed by atoms with Crippen LogP contribution in [0.1, 0.15) is 66.2 Å². The van der Waals surface area contributed by atoms with Crippen LogP contribution >= 0.6 is 0 Å². The number of hydrogen-bond donors (Lipinski definition) is 0. The summed E-state index contributed by atoms with van der Waals surface area (Å²) < 4.78 is 6.26. The smallest absolute Gasteiger partial charge is 0.0593 e. The van der Waals surface area contributed by atoms with Crippen molar-refractivity contribution in [2.75, 3.05) is 32.8 Å². The van der Waals surface area contributed by atoms with E-state index in [1.54, 1.807) is 22.3 Å². The van der Waals surface area contributed by atoms with Crippen molar-refractivity contribution in [3.63, 3.8) is 0 Å². The third-order valence-electron chi connectivity index (χ3n) is 7.01. The summed E-state index contributed by atoms with van der Waals surface area (Å²) in [5.74, 6) is 1.69. The van der Waals surface area contributed by atoms with Crippen molar-refractivity contribution < 1.29 is 4.74 Å². The monoisotopic (exact) mass is 361 g/mol. The predicted molar refractivity (Wildman–Crippen MR) is 110 cm³/mol. The van der Waals surface area contributed by atoms with Crippen molar-refractivity contribution in [2.24, 2.45) is 5.92 Å². The van der Waals surface area contributed by atoms with Crippen molar-refractivity contribution in [3.8, 4) is 0 Å². The summed E-state index contributed by atoms with van der Waals surface area (Å²) >= 11 is 0. The zero-order chi connectivity index (χ0) is 18.1. The Bertz CT molecular complexity index is 730. The van der Waals surface area contributed by atoms with Gasteiger partial charge >= 0.3 is 0 Å². The van der Waals surface area contributed by atoms with Crippen molar-refractivity contribution in [2.45, 2.75) is 43.9 Å². The fraction of sp³-hybridized carbons (Fsp3) is 0.520. The van der Waals surface area contributed by atoms with Gasteiger partial charge in [-0.15, -0.1) is 0 Å². The molecule has 2 bridgehead atoms. The van der Waals surface area contributed by atoms with E-state index in [1.807, 2.05) is 0 Å². The molecule has 0 spiro atoms. The number of nitrogens with zero attached hydrogens (tertiary/aromatic N) is 1. The molecule has 0 aromatic heterocycles. The second-order valence-corrected chi connectivity index (χ2v) is 8.61. The van der Waals surface area contributed by atoms with E-state index in [0.717, 1.165) is 19.8 Å². The summed E-state index contributed by atoms with van der Waals surface area (Å²) in [5.41, 5.74) is 6.21. The first-order chi connectivity index (χ1) is 13.4. The second kappa shape index (κ2) is 7.77. The molecule has 1 unspecified atom stereocenters. The Morgan fingerprint density at radius 3 is 2.00 bits per heavy atom. The molecular weight excluding hydrogens is 330 g/mol. The molecule has 27 heavy (non-hydrogen) atoms. The highest BCUT2D eigenvalue weighted by molar-refractivity contribution is 5.55. The highest BCUT2D eigenvalue weighted by Crippen LogP contribution is 2.55. The Hall–Kier alpha value is -1.64. The van der Waals surface area contributed by atoms with Crippen molar-refractivity contribution in [1.82, 2.24) is 4.90 Å². The molecule has 2 nitrogen and oxygen atoms in total. The fourth-order valence-corrected chi connectivity index (χ4v) is 5.71. The minimum atomic E-state index is 0.514. The standard InChI is InChI=1S/C25H31NO/c1-2-8-14-26(13-7-1)15-16-27-18-19-17-24-20-9-3-5-11-22(20)25(19)23-12-6-4-10-21(23)24/h3-6,9-12,19,24-25H,1-2,7-8,13-18H2. The van der Waals surface area contributed by atoms with Gasteiger partial charge < -0.3 is 9.64 Å². The average Bonchev–Trinajstić information content (AvgIpc) is 3.00. The molecule has 1 atom stereocenters. The number of hydrogen-bond acceptors (Lipinski definition) is 2. The highest BCUT2D eigenvalue weighted by atomic mass is 16.5. The molecule has 2 heteroatoms. The molecule has 1 saturated heterocycles. The molecule has 0 radical (unpaired) electrons. The maximum Gasteiger partial charge on any atom is 0.0593 e. The highest BCUT2D eigenvalue weighted by Gasteiger charge is 2.42. The van der Waals surface area contributed by atoms with E-state index in [2.05, 4.69) is 53.4 Å². The molecule has 1 aliphatic heterocycles. The fourth-order valence-electron chi connectivity index (χ4n) is 5.71. The second-order valence-electron chi connectivity index (χ2n) is 8.61. The Balaban J connectivity index is 1.26. The third kappa shape index (κ3) is 3.34. The van der Waals surface area contributed by atoms with Crippen molar-refractivity contribution in [3.05, 3.63) is 70.8 Å². The van der Waals surface area contributed by atoms with E-state index in [9.17, 15) is 0 Å². The van der Waals surface area contributed by atoms with Gasteiger partial charge in [-0.25, -0.2) is 0 Å². The molecule has 4 aliphatic rings. The Kier molecular flexibility index (Phi) is 5.02. The zero-order valence-corrected chi connectivity index (χ0v) is 16.3. The van der Waals surface area contributed by atoms with E-state index in [1.165, 1.54) is 45.2 Å². The van der Waals surface area contributed by atoms with Crippen LogP contribution in [-0.2, 0) is 4.74 Å². The largest absolute Gasteiger partial charge is 0.380 e. The van der Waals surface area contributed by atoms with Crippen LogP contribution in [0.25, 0.3) is 0 Å². The van der Waals surface area contributed by atoms with Gasteiger partial charge in [0, 0.05) is 18.4 Å². The van der Waals surface area contributed by atoms with Crippen LogP contribution in [0.4, 0.5) is 0 Å². The molecule has 0 N–H and O–H groups in total. The quantitative estimate of drug-likeness (QED) is 0.681. The normalized spacial score (nSPS) is 27.0. The van der Waals surface area contributed by atoms with Gasteiger partial charge in [0.1, 0.15) is 0 Å². The van der Waals surface area contributed by atoms with Crippen LogP contribution in [0.3, 0.4) is 0 Å². The molecule has 142 valence electrons. The first-order valence-electron chi connectivity index (χ1n) is 10.9. The van der Waals surface area contributed by atoms with E-state index < -0.39 is 0 Å². The molecular formula is C25H31NO. The van der Waals surface area contributed by atoms with Crippen LogP contribution in [0.15, 0.2) is 48.5 Å². The number of benzene rings is 2. The zero-order valence-electron chi connectivity index (χ0n) is 16.3. The van der Waals surface area contributed by atoms with Crippen LogP contribution in [0, 0.1) is 5.92 Å². The molecule has 2 aromatic carbocycles. The van der Waals surface area contributed by atoms with E-state index in [4.69, 9.17) is 4.74 Å². The number of rotatable bonds is 5. The Morgan fingerprint density at radius 2 is 1.37 bits per heavy atom. The van der Waals surface area contributed by atoms with Gasteiger partial charge in [-0.05, 0) is 60.5 Å². The molecule has 0 saturated carbocycles. The molecule has 1 fully saturated rings. The van der Waals surface area contributed by atoms with Gasteiger partial charge in [0.05, 0.1) is 13.2 Å². The minimum Gasteiger partial charge on any atom is -0.380 e. The van der Waals surface area contributed by atoms with Crippen LogP contribution in [-0.4, -0.2) is 37.7 Å². The Morgan fingerprint density at radius 1 is 0.778 bits per heavy atom. The summed E-state index contributed by atoms with van der Waals surface area (Å²) in [6.07, 6.45) is 6.77. The summed E-state index contributed by atoms with van der Waals surface area (Å²) in [6, 6.07) is 18.2.